The Labute approximate surface area is 304 Å². The van der Waals surface area contributed by atoms with Gasteiger partial charge in [-0.25, -0.2) is 4.79 Å². The smallest absolute Gasteiger partial charge is 0.329 e. The topological polar surface area (TPSA) is 151 Å². The molecule has 10 heteroatoms. The van der Waals surface area contributed by atoms with Gasteiger partial charge in [-0.15, -0.1) is 0 Å². The molecule has 264 valence electrons. The van der Waals surface area contributed by atoms with Gasteiger partial charge in [-0.1, -0.05) is 115 Å². The minimum Gasteiger partial charge on any atom is -0.370 e. The largest absolute Gasteiger partial charge is 0.370 e. The molecule has 0 aliphatic carbocycles. The molecular weight excluding hydrogens is 651 g/mol. The predicted octanol–water partition coefficient (Wildman–Crippen LogP) is 6.03. The third kappa shape index (κ3) is 8.30. The number of benzene rings is 5. The van der Waals surface area contributed by atoms with E-state index >= 15 is 0 Å². The Morgan fingerprint density at radius 2 is 1.19 bits per heavy atom. The van der Waals surface area contributed by atoms with Crippen molar-refractivity contribution in [2.45, 2.75) is 44.4 Å². The van der Waals surface area contributed by atoms with Crippen molar-refractivity contribution in [3.8, 4) is 0 Å². The Morgan fingerprint density at radius 1 is 0.673 bits per heavy atom. The van der Waals surface area contributed by atoms with E-state index in [0.29, 0.717) is 26.1 Å². The number of amides is 4. The number of nitrogens with zero attached hydrogens (tertiary/aromatic N) is 4. The molecule has 10 nitrogen and oxygen atoms in total. The Hall–Kier alpha value is -6.42. The van der Waals surface area contributed by atoms with Gasteiger partial charge >= 0.3 is 6.03 Å². The van der Waals surface area contributed by atoms with E-state index in [4.69, 9.17) is 17.2 Å². The number of aliphatic imine (C=N–C) groups is 1. The van der Waals surface area contributed by atoms with Crippen LogP contribution in [0.1, 0.15) is 46.6 Å². The number of hydrogen-bond donors (Lipinski definition) is 3. The second-order valence-corrected chi connectivity index (χ2v) is 12.8. The summed E-state index contributed by atoms with van der Waals surface area (Å²) in [5.74, 6) is -1.58. The lowest BCUT2D eigenvalue weighted by atomic mass is 9.89. The van der Waals surface area contributed by atoms with Gasteiger partial charge in [0.15, 0.2) is 5.96 Å². The van der Waals surface area contributed by atoms with Crippen molar-refractivity contribution in [2.24, 2.45) is 22.2 Å². The Bertz CT molecular complexity index is 1920. The summed E-state index contributed by atoms with van der Waals surface area (Å²) in [7, 11) is 0. The van der Waals surface area contributed by atoms with Crippen LogP contribution in [0.25, 0.3) is 0 Å². The Kier molecular flexibility index (Phi) is 11.3. The third-order valence-electron chi connectivity index (χ3n) is 9.27. The zero-order chi connectivity index (χ0) is 36.5. The number of hydrogen-bond acceptors (Lipinski definition) is 4. The molecule has 0 unspecified atom stereocenters. The number of nitrogens with two attached hydrogens (primary N) is 3. The zero-order valence-electron chi connectivity index (χ0n) is 28.9. The summed E-state index contributed by atoms with van der Waals surface area (Å²) >= 11 is 0. The average molecular weight is 694 g/mol. The second kappa shape index (κ2) is 16.5. The number of carbonyl (C=O) groups excluding carboxylic acids is 3. The van der Waals surface area contributed by atoms with Gasteiger partial charge in [-0.3, -0.25) is 19.5 Å². The van der Waals surface area contributed by atoms with Gasteiger partial charge in [0, 0.05) is 26.2 Å². The standard InChI is InChI=1S/C42H43N7O3/c43-39(50)37(22-13-25-46-41(44)45)48(40(51)38(31-14-5-1-6-15-31)32-16-7-2-8-17-32)27-30-23-24-33-28-47(29-34(33)26-30)42(52)49(35-18-9-3-10-19-35)36-20-11-4-12-21-36/h1-12,14-21,23-24,26,37-38H,13,22,25,27-29H2,(H2,43,50)(H4,44,45,46)/t37-/m0/s1. The first kappa shape index (κ1) is 35.4. The summed E-state index contributed by atoms with van der Waals surface area (Å²) in [6.07, 6.45) is 0.716. The average Bonchev–Trinajstić information content (AvgIpc) is 3.60. The minimum absolute atomic E-state index is 0.0434. The molecule has 0 aromatic heterocycles. The molecule has 0 fully saturated rings. The van der Waals surface area contributed by atoms with Crippen LogP contribution >= 0.6 is 0 Å². The highest BCUT2D eigenvalue weighted by molar-refractivity contribution is 5.99. The van der Waals surface area contributed by atoms with Crippen LogP contribution in [0.15, 0.2) is 145 Å². The van der Waals surface area contributed by atoms with E-state index in [1.165, 1.54) is 0 Å². The molecule has 6 rings (SSSR count). The van der Waals surface area contributed by atoms with Crippen molar-refractivity contribution in [3.63, 3.8) is 0 Å². The van der Waals surface area contributed by atoms with Crippen molar-refractivity contribution < 1.29 is 14.4 Å². The maximum Gasteiger partial charge on any atom is 0.329 e. The van der Waals surface area contributed by atoms with Crippen LogP contribution in [0.3, 0.4) is 0 Å². The Morgan fingerprint density at radius 3 is 1.71 bits per heavy atom. The summed E-state index contributed by atoms with van der Waals surface area (Å²) in [4.78, 5) is 51.4. The molecule has 1 aliphatic heterocycles. The molecule has 0 saturated heterocycles. The van der Waals surface area contributed by atoms with Crippen LogP contribution in [0.5, 0.6) is 0 Å². The SMILES string of the molecule is NC(=O)[C@H](CCCN=C(N)N)N(Cc1ccc2c(c1)CN(C(=O)N(c1ccccc1)c1ccccc1)C2)C(=O)C(c1ccccc1)c1ccccc1. The van der Waals surface area contributed by atoms with Crippen LogP contribution in [-0.2, 0) is 29.2 Å². The molecule has 0 spiro atoms. The third-order valence-corrected chi connectivity index (χ3v) is 9.27. The summed E-state index contributed by atoms with van der Waals surface area (Å²) in [5, 5.41) is 0. The summed E-state index contributed by atoms with van der Waals surface area (Å²) in [6.45, 7) is 1.25. The van der Waals surface area contributed by atoms with Crippen molar-refractivity contribution >= 4 is 35.2 Å². The van der Waals surface area contributed by atoms with Crippen molar-refractivity contribution in [2.75, 3.05) is 11.4 Å². The number of fused-ring (bicyclic) bond motifs is 1. The summed E-state index contributed by atoms with van der Waals surface area (Å²) in [6, 6.07) is 43.2. The number of urea groups is 1. The van der Waals surface area contributed by atoms with E-state index in [1.54, 1.807) is 9.80 Å². The van der Waals surface area contributed by atoms with Crippen LogP contribution in [0, 0.1) is 0 Å². The molecule has 1 heterocycles. The van der Waals surface area contributed by atoms with E-state index in [2.05, 4.69) is 4.99 Å². The highest BCUT2D eigenvalue weighted by atomic mass is 16.2. The molecule has 0 bridgehead atoms. The lowest BCUT2D eigenvalue weighted by molar-refractivity contribution is -0.141. The van der Waals surface area contributed by atoms with Crippen molar-refractivity contribution in [3.05, 3.63) is 167 Å². The summed E-state index contributed by atoms with van der Waals surface area (Å²) in [5.41, 5.74) is 23.1. The zero-order valence-corrected chi connectivity index (χ0v) is 28.9. The molecular formula is C42H43N7O3. The van der Waals surface area contributed by atoms with E-state index in [-0.39, 0.29) is 30.9 Å². The van der Waals surface area contributed by atoms with Crippen molar-refractivity contribution in [1.29, 1.82) is 0 Å². The highest BCUT2D eigenvalue weighted by Gasteiger charge is 2.35. The number of rotatable bonds is 13. The number of carbonyl (C=O) groups is 3. The van der Waals surface area contributed by atoms with E-state index in [0.717, 1.165) is 39.2 Å². The van der Waals surface area contributed by atoms with Crippen molar-refractivity contribution in [1.82, 2.24) is 9.80 Å². The van der Waals surface area contributed by atoms with Crippen LogP contribution in [0.2, 0.25) is 0 Å². The molecule has 52 heavy (non-hydrogen) atoms. The fourth-order valence-electron chi connectivity index (χ4n) is 6.76. The van der Waals surface area contributed by atoms with E-state index in [9.17, 15) is 14.4 Å². The maximum absolute atomic E-state index is 14.8. The monoisotopic (exact) mass is 693 g/mol. The maximum atomic E-state index is 14.8. The molecule has 0 radical (unpaired) electrons. The molecule has 5 aromatic carbocycles. The molecule has 4 amide bonds. The molecule has 0 saturated carbocycles. The van der Waals surface area contributed by atoms with E-state index in [1.807, 2.05) is 144 Å². The van der Waals surface area contributed by atoms with Gasteiger partial charge < -0.3 is 27.0 Å². The predicted molar refractivity (Wildman–Crippen MR) is 204 cm³/mol. The van der Waals surface area contributed by atoms with Crippen LogP contribution in [0.4, 0.5) is 16.2 Å². The minimum atomic E-state index is -0.923. The van der Waals surface area contributed by atoms with Gasteiger partial charge in [0.05, 0.1) is 17.3 Å². The van der Waals surface area contributed by atoms with Gasteiger partial charge in [-0.2, -0.15) is 0 Å². The van der Waals surface area contributed by atoms with Gasteiger partial charge in [0.25, 0.3) is 0 Å². The fraction of sp³-hybridized carbons (Fsp3) is 0.190. The normalized spacial score (nSPS) is 12.5. The van der Waals surface area contributed by atoms with Crippen LogP contribution < -0.4 is 22.1 Å². The second-order valence-electron chi connectivity index (χ2n) is 12.8. The number of primary amides is 1. The van der Waals surface area contributed by atoms with Gasteiger partial charge in [0.1, 0.15) is 6.04 Å². The first-order chi connectivity index (χ1) is 25.3. The molecule has 6 N–H and O–H groups in total. The Balaban J connectivity index is 1.30. The lowest BCUT2D eigenvalue weighted by Crippen LogP contribution is -2.49. The molecule has 5 aromatic rings. The van der Waals surface area contributed by atoms with Gasteiger partial charge in [0.2, 0.25) is 11.8 Å². The number of para-hydroxylation sites is 2. The lowest BCUT2D eigenvalue weighted by Gasteiger charge is -2.33. The van der Waals surface area contributed by atoms with Crippen LogP contribution in [-0.4, -0.2) is 46.2 Å². The van der Waals surface area contributed by atoms with Gasteiger partial charge in [-0.05, 0) is 64.9 Å². The summed E-state index contributed by atoms with van der Waals surface area (Å²) < 4.78 is 0. The number of anilines is 2. The number of guanidine groups is 1. The van der Waals surface area contributed by atoms with E-state index < -0.39 is 17.9 Å². The quantitative estimate of drug-likeness (QED) is 0.0782. The molecule has 1 aliphatic rings. The highest BCUT2D eigenvalue weighted by Crippen LogP contribution is 2.33. The first-order valence-electron chi connectivity index (χ1n) is 17.3. The molecule has 1 atom stereocenters. The fourth-order valence-corrected chi connectivity index (χ4v) is 6.76. The first-order valence-corrected chi connectivity index (χ1v) is 17.3.